The summed E-state index contributed by atoms with van der Waals surface area (Å²) in [6, 6.07) is 12.4. The van der Waals surface area contributed by atoms with Gasteiger partial charge in [-0.2, -0.15) is 0 Å². The summed E-state index contributed by atoms with van der Waals surface area (Å²) in [6.07, 6.45) is 4.76. The average molecular weight is 268 g/mol. The highest BCUT2D eigenvalue weighted by molar-refractivity contribution is 5.53. The van der Waals surface area contributed by atoms with Gasteiger partial charge >= 0.3 is 0 Å². The van der Waals surface area contributed by atoms with Gasteiger partial charge in [0.1, 0.15) is 0 Å². The minimum absolute atomic E-state index is 0.236. The number of nitrogens with one attached hydrogen (secondary N) is 1. The highest BCUT2D eigenvalue weighted by Gasteiger charge is 2.22. The zero-order valence-electron chi connectivity index (χ0n) is 11.7. The molecule has 2 N–H and O–H groups in total. The quantitative estimate of drug-likeness (QED) is 0.893. The van der Waals surface area contributed by atoms with Crippen LogP contribution in [0.5, 0.6) is 0 Å². The van der Waals surface area contributed by atoms with E-state index in [2.05, 4.69) is 16.4 Å². The van der Waals surface area contributed by atoms with Gasteiger partial charge < -0.3 is 10.4 Å². The number of pyridine rings is 1. The fourth-order valence-electron chi connectivity index (χ4n) is 2.93. The Morgan fingerprint density at radius 2 is 2.10 bits per heavy atom. The summed E-state index contributed by atoms with van der Waals surface area (Å²) in [5.74, 6) is 0. The van der Waals surface area contributed by atoms with E-state index in [-0.39, 0.29) is 6.04 Å². The second-order valence-electron chi connectivity index (χ2n) is 5.40. The predicted octanol–water partition coefficient (Wildman–Crippen LogP) is 3.62. The molecule has 0 saturated heterocycles. The molecule has 2 aromatic rings. The van der Waals surface area contributed by atoms with Crippen LogP contribution in [0.25, 0.3) is 0 Å². The van der Waals surface area contributed by atoms with Crippen molar-refractivity contribution in [3.63, 3.8) is 0 Å². The first kappa shape index (κ1) is 13.1. The molecule has 1 aliphatic carbocycles. The molecule has 104 valence electrons. The lowest BCUT2D eigenvalue weighted by Gasteiger charge is -2.27. The van der Waals surface area contributed by atoms with Gasteiger partial charge in [0.25, 0.3) is 0 Å². The van der Waals surface area contributed by atoms with Crippen molar-refractivity contribution < 1.29 is 5.11 Å². The Bertz CT molecular complexity index is 595. The van der Waals surface area contributed by atoms with Gasteiger partial charge in [0.05, 0.1) is 17.8 Å². The van der Waals surface area contributed by atoms with Crippen LogP contribution in [0.3, 0.4) is 0 Å². The number of aryl methyl sites for hydroxylation is 1. The van der Waals surface area contributed by atoms with E-state index >= 15 is 0 Å². The molecule has 20 heavy (non-hydrogen) atoms. The highest BCUT2D eigenvalue weighted by Crippen LogP contribution is 2.33. The van der Waals surface area contributed by atoms with E-state index in [1.807, 2.05) is 36.5 Å². The summed E-state index contributed by atoms with van der Waals surface area (Å²) in [4.78, 5) is 4.55. The number of anilines is 1. The molecule has 0 spiro atoms. The molecule has 3 heteroatoms. The Morgan fingerprint density at radius 1 is 1.25 bits per heavy atom. The molecule has 0 bridgehead atoms. The lowest BCUT2D eigenvalue weighted by molar-refractivity contribution is 0.200. The van der Waals surface area contributed by atoms with Crippen molar-refractivity contribution in [1.29, 1.82) is 0 Å². The maximum absolute atomic E-state index is 9.87. The molecule has 1 aromatic heterocycles. The number of benzene rings is 1. The molecule has 2 unspecified atom stereocenters. The van der Waals surface area contributed by atoms with Gasteiger partial charge in [-0.15, -0.1) is 0 Å². The number of aromatic nitrogens is 1. The Kier molecular flexibility index (Phi) is 3.70. The second-order valence-corrected chi connectivity index (χ2v) is 5.40. The number of aliphatic hydroxyl groups excluding tert-OH is 1. The van der Waals surface area contributed by atoms with Gasteiger partial charge in [-0.1, -0.05) is 24.3 Å². The van der Waals surface area contributed by atoms with Gasteiger partial charge in [-0.3, -0.25) is 4.98 Å². The van der Waals surface area contributed by atoms with Crippen molar-refractivity contribution in [2.24, 2.45) is 0 Å². The van der Waals surface area contributed by atoms with Crippen molar-refractivity contribution in [2.45, 2.75) is 38.3 Å². The van der Waals surface area contributed by atoms with Crippen molar-refractivity contribution in [1.82, 2.24) is 4.98 Å². The van der Waals surface area contributed by atoms with Crippen LogP contribution in [-0.4, -0.2) is 10.1 Å². The molecule has 0 fully saturated rings. The molecular formula is C17H20N2O. The van der Waals surface area contributed by atoms with Crippen LogP contribution in [0.1, 0.15) is 48.7 Å². The molecule has 1 heterocycles. The minimum Gasteiger partial charge on any atom is -0.389 e. The summed E-state index contributed by atoms with van der Waals surface area (Å²) in [7, 11) is 0. The molecule has 3 nitrogen and oxygen atoms in total. The number of hydrogen-bond donors (Lipinski definition) is 2. The Balaban J connectivity index is 1.90. The zero-order valence-corrected chi connectivity index (χ0v) is 11.7. The Hall–Kier alpha value is -1.87. The molecule has 1 aromatic carbocycles. The molecule has 0 aliphatic heterocycles. The fourth-order valence-corrected chi connectivity index (χ4v) is 2.93. The monoisotopic (exact) mass is 268 g/mol. The van der Waals surface area contributed by atoms with Gasteiger partial charge in [0.2, 0.25) is 0 Å². The molecule has 0 saturated carbocycles. The Labute approximate surface area is 119 Å². The van der Waals surface area contributed by atoms with E-state index in [4.69, 9.17) is 0 Å². The second kappa shape index (κ2) is 5.63. The average Bonchev–Trinajstić information content (AvgIpc) is 2.48. The highest BCUT2D eigenvalue weighted by atomic mass is 16.3. The lowest BCUT2D eigenvalue weighted by Crippen LogP contribution is -2.19. The normalized spacial score (nSPS) is 19.2. The molecule has 3 rings (SSSR count). The fraction of sp³-hybridized carbons (Fsp3) is 0.353. The summed E-state index contributed by atoms with van der Waals surface area (Å²) >= 11 is 0. The maximum atomic E-state index is 9.87. The van der Waals surface area contributed by atoms with Gasteiger partial charge in [-0.05, 0) is 43.9 Å². The van der Waals surface area contributed by atoms with E-state index in [9.17, 15) is 5.11 Å². The zero-order chi connectivity index (χ0) is 13.9. The van der Waals surface area contributed by atoms with Crippen molar-refractivity contribution >= 4 is 5.69 Å². The van der Waals surface area contributed by atoms with Crippen molar-refractivity contribution in [3.05, 3.63) is 59.4 Å². The van der Waals surface area contributed by atoms with Crippen LogP contribution in [0, 0.1) is 0 Å². The van der Waals surface area contributed by atoms with Crippen LogP contribution < -0.4 is 5.32 Å². The van der Waals surface area contributed by atoms with Gasteiger partial charge in [-0.25, -0.2) is 0 Å². The topological polar surface area (TPSA) is 45.1 Å². The SMILES string of the molecule is CC(O)c1ccccc1NC1CCCc2cccnc21. The maximum Gasteiger partial charge on any atom is 0.0781 e. The number of para-hydroxylation sites is 1. The van der Waals surface area contributed by atoms with Crippen LogP contribution in [0.4, 0.5) is 5.69 Å². The van der Waals surface area contributed by atoms with E-state index in [0.29, 0.717) is 0 Å². The van der Waals surface area contributed by atoms with E-state index in [0.717, 1.165) is 29.8 Å². The molecule has 0 amide bonds. The first-order valence-electron chi connectivity index (χ1n) is 7.23. The third kappa shape index (κ3) is 2.54. The first-order chi connectivity index (χ1) is 9.75. The Morgan fingerprint density at radius 3 is 2.95 bits per heavy atom. The number of rotatable bonds is 3. The summed E-state index contributed by atoms with van der Waals surface area (Å²) < 4.78 is 0. The van der Waals surface area contributed by atoms with Crippen LogP contribution in [-0.2, 0) is 6.42 Å². The number of nitrogens with zero attached hydrogens (tertiary/aromatic N) is 1. The van der Waals surface area contributed by atoms with E-state index in [1.165, 1.54) is 12.0 Å². The van der Waals surface area contributed by atoms with Gasteiger partial charge in [0.15, 0.2) is 0 Å². The predicted molar refractivity (Wildman–Crippen MR) is 80.6 cm³/mol. The minimum atomic E-state index is -0.467. The first-order valence-corrected chi connectivity index (χ1v) is 7.23. The number of hydrogen-bond acceptors (Lipinski definition) is 3. The van der Waals surface area contributed by atoms with Crippen molar-refractivity contribution in [3.8, 4) is 0 Å². The molecule has 1 aliphatic rings. The molecular weight excluding hydrogens is 248 g/mol. The number of fused-ring (bicyclic) bond motifs is 1. The summed E-state index contributed by atoms with van der Waals surface area (Å²) in [5.41, 5.74) is 4.44. The third-order valence-electron chi connectivity index (χ3n) is 3.94. The van der Waals surface area contributed by atoms with Crippen LogP contribution in [0.2, 0.25) is 0 Å². The van der Waals surface area contributed by atoms with Crippen molar-refractivity contribution in [2.75, 3.05) is 5.32 Å². The number of aliphatic hydroxyl groups is 1. The third-order valence-corrected chi connectivity index (χ3v) is 3.94. The smallest absolute Gasteiger partial charge is 0.0781 e. The van der Waals surface area contributed by atoms with Crippen LogP contribution >= 0.6 is 0 Å². The lowest BCUT2D eigenvalue weighted by atomic mass is 9.91. The standard InChI is InChI=1S/C17H20N2O/c1-12(20)14-8-2-3-9-15(14)19-16-10-4-6-13-7-5-11-18-17(13)16/h2-3,5,7-9,11-12,16,19-20H,4,6,10H2,1H3. The van der Waals surface area contributed by atoms with E-state index in [1.54, 1.807) is 6.92 Å². The van der Waals surface area contributed by atoms with Crippen LogP contribution in [0.15, 0.2) is 42.6 Å². The molecule has 2 atom stereocenters. The summed E-state index contributed by atoms with van der Waals surface area (Å²) in [6.45, 7) is 1.80. The summed E-state index contributed by atoms with van der Waals surface area (Å²) in [5, 5.41) is 13.4. The molecule has 0 radical (unpaired) electrons. The van der Waals surface area contributed by atoms with Gasteiger partial charge in [0, 0.05) is 17.4 Å². The largest absolute Gasteiger partial charge is 0.389 e. The van der Waals surface area contributed by atoms with E-state index < -0.39 is 6.10 Å².